The third-order valence-corrected chi connectivity index (χ3v) is 3.66. The standard InChI is InChI=1S/C8H13N3OS/c1-8(2)7-13(12)6-5-11(8)10-4-3-9/h4H,5-7H2,1-2H3. The van der Waals surface area contributed by atoms with Crippen molar-refractivity contribution in [2.75, 3.05) is 18.1 Å². The predicted octanol–water partition coefficient (Wildman–Crippen LogP) is 0.339. The van der Waals surface area contributed by atoms with Gasteiger partial charge in [0.25, 0.3) is 0 Å². The van der Waals surface area contributed by atoms with Crippen molar-refractivity contribution < 1.29 is 4.21 Å². The number of nitrogens with zero attached hydrogens (tertiary/aromatic N) is 3. The van der Waals surface area contributed by atoms with Gasteiger partial charge in [0.1, 0.15) is 12.3 Å². The highest BCUT2D eigenvalue weighted by Gasteiger charge is 2.32. The number of hydrogen-bond donors (Lipinski definition) is 0. The summed E-state index contributed by atoms with van der Waals surface area (Å²) in [7, 11) is -0.734. The molecular weight excluding hydrogens is 186 g/mol. The van der Waals surface area contributed by atoms with Crippen molar-refractivity contribution in [3.05, 3.63) is 0 Å². The Kier molecular flexibility index (Phi) is 3.04. The van der Waals surface area contributed by atoms with Crippen LogP contribution in [0.15, 0.2) is 5.10 Å². The maximum atomic E-state index is 11.3. The van der Waals surface area contributed by atoms with E-state index in [1.165, 1.54) is 6.21 Å². The lowest BCUT2D eigenvalue weighted by Crippen LogP contribution is -2.51. The fourth-order valence-corrected chi connectivity index (χ4v) is 2.80. The molecule has 0 radical (unpaired) electrons. The Balaban J connectivity index is 2.71. The summed E-state index contributed by atoms with van der Waals surface area (Å²) in [5.74, 6) is 1.27. The van der Waals surface area contributed by atoms with Crippen LogP contribution < -0.4 is 0 Å². The van der Waals surface area contributed by atoms with Crippen LogP contribution >= 0.6 is 0 Å². The molecule has 0 spiro atoms. The molecule has 5 heteroatoms. The first-order valence-electron chi connectivity index (χ1n) is 4.11. The molecule has 0 amide bonds. The van der Waals surface area contributed by atoms with Gasteiger partial charge in [-0.2, -0.15) is 10.4 Å². The minimum Gasteiger partial charge on any atom is -0.289 e. The van der Waals surface area contributed by atoms with Crippen LogP contribution in [0.4, 0.5) is 0 Å². The number of hydrazone groups is 1. The number of hydrogen-bond acceptors (Lipinski definition) is 4. The van der Waals surface area contributed by atoms with Gasteiger partial charge >= 0.3 is 0 Å². The van der Waals surface area contributed by atoms with Gasteiger partial charge in [-0.05, 0) is 13.8 Å². The maximum Gasteiger partial charge on any atom is 0.124 e. The molecule has 4 nitrogen and oxygen atoms in total. The van der Waals surface area contributed by atoms with E-state index in [4.69, 9.17) is 5.26 Å². The molecule has 0 bridgehead atoms. The average Bonchev–Trinajstić information content (AvgIpc) is 2.01. The van der Waals surface area contributed by atoms with Gasteiger partial charge in [-0.3, -0.25) is 9.22 Å². The first-order valence-corrected chi connectivity index (χ1v) is 5.60. The largest absolute Gasteiger partial charge is 0.289 e. The number of rotatable bonds is 1. The van der Waals surface area contributed by atoms with Crippen molar-refractivity contribution in [1.82, 2.24) is 5.01 Å². The molecule has 1 atom stereocenters. The molecule has 72 valence electrons. The van der Waals surface area contributed by atoms with Crippen molar-refractivity contribution in [1.29, 1.82) is 5.26 Å². The van der Waals surface area contributed by atoms with Crippen molar-refractivity contribution in [3.63, 3.8) is 0 Å². The van der Waals surface area contributed by atoms with E-state index < -0.39 is 10.8 Å². The fourth-order valence-electron chi connectivity index (χ4n) is 1.34. The maximum absolute atomic E-state index is 11.3. The zero-order chi connectivity index (χ0) is 9.90. The SMILES string of the molecule is CC1(C)CS(=O)CCN1N=CC#N. The molecule has 0 saturated carbocycles. The van der Waals surface area contributed by atoms with Crippen LogP contribution in [0.2, 0.25) is 0 Å². The molecule has 1 heterocycles. The lowest BCUT2D eigenvalue weighted by atomic mass is 10.1. The Hall–Kier alpha value is -0.890. The second-order valence-corrected chi connectivity index (χ2v) is 5.17. The summed E-state index contributed by atoms with van der Waals surface area (Å²) < 4.78 is 11.3. The molecule has 0 N–H and O–H groups in total. The van der Waals surface area contributed by atoms with Crippen molar-refractivity contribution in [2.24, 2.45) is 5.10 Å². The normalized spacial score (nSPS) is 27.5. The second-order valence-electron chi connectivity index (χ2n) is 3.60. The third kappa shape index (κ3) is 2.52. The summed E-state index contributed by atoms with van der Waals surface area (Å²) in [6.07, 6.45) is 1.22. The van der Waals surface area contributed by atoms with E-state index in [9.17, 15) is 4.21 Å². The molecule has 13 heavy (non-hydrogen) atoms. The smallest absolute Gasteiger partial charge is 0.124 e. The van der Waals surface area contributed by atoms with Crippen molar-refractivity contribution in [3.8, 4) is 6.07 Å². The Morgan fingerprint density at radius 2 is 2.38 bits per heavy atom. The highest BCUT2D eigenvalue weighted by molar-refractivity contribution is 7.85. The van der Waals surface area contributed by atoms with Gasteiger partial charge in [-0.15, -0.1) is 0 Å². The lowest BCUT2D eigenvalue weighted by molar-refractivity contribution is 0.150. The van der Waals surface area contributed by atoms with E-state index in [1.54, 1.807) is 0 Å². The molecule has 1 aliphatic rings. The minimum atomic E-state index is -0.734. The highest BCUT2D eigenvalue weighted by Crippen LogP contribution is 2.20. The third-order valence-electron chi connectivity index (χ3n) is 2.00. The topological polar surface area (TPSA) is 56.5 Å². The molecule has 0 aliphatic carbocycles. The van der Waals surface area contributed by atoms with Crippen LogP contribution in [0.3, 0.4) is 0 Å². The summed E-state index contributed by atoms with van der Waals surface area (Å²) in [6, 6.07) is 1.85. The van der Waals surface area contributed by atoms with E-state index in [0.29, 0.717) is 18.1 Å². The summed E-state index contributed by atoms with van der Waals surface area (Å²) in [4.78, 5) is 0. The summed E-state index contributed by atoms with van der Waals surface area (Å²) in [5.41, 5.74) is -0.198. The van der Waals surface area contributed by atoms with Crippen LogP contribution in [0, 0.1) is 11.3 Å². The Morgan fingerprint density at radius 3 is 2.92 bits per heavy atom. The van der Waals surface area contributed by atoms with E-state index >= 15 is 0 Å². The Morgan fingerprint density at radius 1 is 1.69 bits per heavy atom. The predicted molar refractivity (Wildman–Crippen MR) is 52.8 cm³/mol. The van der Waals surface area contributed by atoms with Gasteiger partial charge in [0, 0.05) is 28.9 Å². The molecular formula is C8H13N3OS. The molecule has 1 unspecified atom stereocenters. The van der Waals surface area contributed by atoms with Gasteiger partial charge in [-0.25, -0.2) is 0 Å². The quantitative estimate of drug-likeness (QED) is 0.572. The second kappa shape index (κ2) is 3.88. The van der Waals surface area contributed by atoms with Crippen LogP contribution in [0.1, 0.15) is 13.8 Å². The lowest BCUT2D eigenvalue weighted by Gasteiger charge is -2.39. The number of nitriles is 1. The summed E-state index contributed by atoms with van der Waals surface area (Å²) >= 11 is 0. The van der Waals surface area contributed by atoms with Gasteiger partial charge in [0.05, 0.1) is 5.54 Å². The summed E-state index contributed by atoms with van der Waals surface area (Å²) in [6.45, 7) is 4.63. The van der Waals surface area contributed by atoms with E-state index in [0.717, 1.165) is 0 Å². The van der Waals surface area contributed by atoms with Crippen LogP contribution in [0.5, 0.6) is 0 Å². The monoisotopic (exact) mass is 199 g/mol. The highest BCUT2D eigenvalue weighted by atomic mass is 32.2. The van der Waals surface area contributed by atoms with Gasteiger partial charge in [0.15, 0.2) is 0 Å². The molecule has 0 aromatic rings. The first kappa shape index (κ1) is 10.2. The molecule has 1 rings (SSSR count). The van der Waals surface area contributed by atoms with Crippen LogP contribution in [-0.2, 0) is 10.8 Å². The van der Waals surface area contributed by atoms with Crippen LogP contribution in [0.25, 0.3) is 0 Å². The Labute approximate surface area is 80.7 Å². The molecule has 1 saturated heterocycles. The molecule has 1 fully saturated rings. The van der Waals surface area contributed by atoms with Crippen LogP contribution in [-0.4, -0.2) is 39.0 Å². The van der Waals surface area contributed by atoms with E-state index in [1.807, 2.05) is 24.9 Å². The van der Waals surface area contributed by atoms with Crippen molar-refractivity contribution >= 4 is 17.0 Å². The average molecular weight is 199 g/mol. The van der Waals surface area contributed by atoms with Gasteiger partial charge in [0.2, 0.25) is 0 Å². The zero-order valence-electron chi connectivity index (χ0n) is 7.86. The fraction of sp³-hybridized carbons (Fsp3) is 0.750. The Bertz CT molecular complexity index is 280. The zero-order valence-corrected chi connectivity index (χ0v) is 8.67. The van der Waals surface area contributed by atoms with E-state index in [-0.39, 0.29) is 5.54 Å². The van der Waals surface area contributed by atoms with Gasteiger partial charge < -0.3 is 0 Å². The van der Waals surface area contributed by atoms with Gasteiger partial charge in [-0.1, -0.05) is 0 Å². The molecule has 1 aliphatic heterocycles. The first-order chi connectivity index (χ1) is 6.06. The summed E-state index contributed by atoms with van der Waals surface area (Å²) in [5, 5.41) is 14.2. The molecule has 0 aromatic heterocycles. The molecule has 0 aromatic carbocycles. The van der Waals surface area contributed by atoms with Crippen molar-refractivity contribution in [2.45, 2.75) is 19.4 Å². The minimum absolute atomic E-state index is 0.198. The van der Waals surface area contributed by atoms with E-state index in [2.05, 4.69) is 5.10 Å².